The normalized spacial score (nSPS) is 16.4. The zero-order valence-electron chi connectivity index (χ0n) is 15.1. The topological polar surface area (TPSA) is 89.0 Å². The summed E-state index contributed by atoms with van der Waals surface area (Å²) in [6.07, 6.45) is 3.86. The van der Waals surface area contributed by atoms with Gasteiger partial charge in [-0.25, -0.2) is 9.97 Å². The van der Waals surface area contributed by atoms with Crippen LogP contribution < -0.4 is 10.6 Å². The molecule has 1 amide bonds. The zero-order chi connectivity index (χ0) is 18.6. The number of rotatable bonds is 5. The molecule has 3 aromatic rings. The van der Waals surface area contributed by atoms with Crippen molar-refractivity contribution in [2.45, 2.75) is 25.9 Å². The molecule has 1 fully saturated rings. The maximum atomic E-state index is 12.5. The van der Waals surface area contributed by atoms with Crippen molar-refractivity contribution < 1.29 is 9.53 Å². The van der Waals surface area contributed by atoms with Crippen LogP contribution in [0.1, 0.15) is 29.0 Å². The summed E-state index contributed by atoms with van der Waals surface area (Å²) in [4.78, 5) is 25.7. The smallest absolute Gasteiger partial charge is 0.270 e. The first kappa shape index (κ1) is 17.4. The van der Waals surface area contributed by atoms with Gasteiger partial charge in [0.05, 0.1) is 17.3 Å². The second kappa shape index (κ2) is 7.67. The Morgan fingerprint density at radius 1 is 1.26 bits per heavy atom. The molecule has 0 aliphatic carbocycles. The molecule has 4 rings (SSSR count). The highest BCUT2D eigenvalue weighted by molar-refractivity contribution is 5.93. The number of benzene rings is 1. The Morgan fingerprint density at radius 3 is 3.00 bits per heavy atom. The maximum absolute atomic E-state index is 12.5. The van der Waals surface area contributed by atoms with Gasteiger partial charge >= 0.3 is 0 Å². The first-order valence-electron chi connectivity index (χ1n) is 9.05. The highest BCUT2D eigenvalue weighted by atomic mass is 16.5. The molecule has 1 saturated heterocycles. The number of ether oxygens (including phenoxy) is 1. The van der Waals surface area contributed by atoms with Crippen LogP contribution in [0.3, 0.4) is 0 Å². The molecule has 1 atom stereocenters. The predicted molar refractivity (Wildman–Crippen MR) is 103 cm³/mol. The number of carbonyl (C=O) groups excluding carboxylic acids is 1. The summed E-state index contributed by atoms with van der Waals surface area (Å²) in [6.45, 7) is 3.10. The summed E-state index contributed by atoms with van der Waals surface area (Å²) in [7, 11) is 0. The molecular formula is C20H21N5O2. The highest BCUT2D eigenvalue weighted by Gasteiger charge is 2.18. The van der Waals surface area contributed by atoms with Gasteiger partial charge in [0, 0.05) is 30.4 Å². The van der Waals surface area contributed by atoms with Crippen LogP contribution in [0.25, 0.3) is 10.9 Å². The second-order valence-electron chi connectivity index (χ2n) is 6.57. The Kier molecular flexibility index (Phi) is 4.93. The van der Waals surface area contributed by atoms with Gasteiger partial charge in [-0.1, -0.05) is 18.2 Å². The van der Waals surface area contributed by atoms with E-state index >= 15 is 0 Å². The minimum atomic E-state index is -0.227. The van der Waals surface area contributed by atoms with Crippen LogP contribution in [0.2, 0.25) is 0 Å². The highest BCUT2D eigenvalue weighted by Crippen LogP contribution is 2.23. The van der Waals surface area contributed by atoms with Crippen molar-refractivity contribution in [1.29, 1.82) is 0 Å². The molecule has 0 spiro atoms. The molecule has 3 heterocycles. The van der Waals surface area contributed by atoms with Crippen molar-refractivity contribution in [1.82, 2.24) is 20.3 Å². The number of hydrogen-bond donors (Lipinski definition) is 2. The molecular weight excluding hydrogens is 342 g/mol. The van der Waals surface area contributed by atoms with Gasteiger partial charge in [-0.15, -0.1) is 0 Å². The van der Waals surface area contributed by atoms with Crippen molar-refractivity contribution in [3.05, 3.63) is 54.0 Å². The van der Waals surface area contributed by atoms with E-state index in [1.165, 1.54) is 0 Å². The van der Waals surface area contributed by atoms with Gasteiger partial charge in [0.2, 0.25) is 5.95 Å². The van der Waals surface area contributed by atoms with Crippen molar-refractivity contribution in [2.24, 2.45) is 0 Å². The first-order valence-corrected chi connectivity index (χ1v) is 9.05. The quantitative estimate of drug-likeness (QED) is 0.724. The van der Waals surface area contributed by atoms with Crippen LogP contribution in [0.4, 0.5) is 11.6 Å². The minimum absolute atomic E-state index is 0.0937. The monoisotopic (exact) mass is 363 g/mol. The number of carbonyl (C=O) groups is 1. The van der Waals surface area contributed by atoms with Gasteiger partial charge in [-0.05, 0) is 38.0 Å². The molecule has 1 unspecified atom stereocenters. The fourth-order valence-electron chi connectivity index (χ4n) is 3.17. The number of aromatic nitrogens is 3. The van der Waals surface area contributed by atoms with Crippen LogP contribution in [0.15, 0.2) is 42.6 Å². The maximum Gasteiger partial charge on any atom is 0.270 e. The average molecular weight is 363 g/mol. The minimum Gasteiger partial charge on any atom is -0.376 e. The number of nitrogens with one attached hydrogen (secondary N) is 2. The third kappa shape index (κ3) is 4.03. The number of nitrogens with zero attached hydrogens (tertiary/aromatic N) is 3. The SMILES string of the molecule is Cc1cc(C(=O)NCC2CCCO2)nc(Nc2cccc3cccnc23)n1. The van der Waals surface area contributed by atoms with Crippen LogP contribution >= 0.6 is 0 Å². The molecule has 7 heteroatoms. The lowest BCUT2D eigenvalue weighted by Gasteiger charge is -2.12. The fraction of sp³-hybridized carbons (Fsp3) is 0.300. The Morgan fingerprint density at radius 2 is 2.15 bits per heavy atom. The van der Waals surface area contributed by atoms with Crippen LogP contribution in [-0.4, -0.2) is 40.1 Å². The third-order valence-electron chi connectivity index (χ3n) is 4.48. The molecule has 1 aliphatic heterocycles. The Bertz CT molecular complexity index is 964. The van der Waals surface area contributed by atoms with E-state index in [-0.39, 0.29) is 12.0 Å². The van der Waals surface area contributed by atoms with E-state index in [9.17, 15) is 4.79 Å². The second-order valence-corrected chi connectivity index (χ2v) is 6.57. The average Bonchev–Trinajstić information content (AvgIpc) is 3.19. The van der Waals surface area contributed by atoms with E-state index in [0.717, 1.165) is 36.0 Å². The molecule has 2 aromatic heterocycles. The number of amides is 1. The number of para-hydroxylation sites is 1. The molecule has 27 heavy (non-hydrogen) atoms. The van der Waals surface area contributed by atoms with Crippen molar-refractivity contribution in [3.8, 4) is 0 Å². The Balaban J connectivity index is 1.54. The van der Waals surface area contributed by atoms with Gasteiger partial charge in [0.1, 0.15) is 5.69 Å². The number of hydrogen-bond acceptors (Lipinski definition) is 6. The largest absolute Gasteiger partial charge is 0.376 e. The van der Waals surface area contributed by atoms with Crippen LogP contribution in [0, 0.1) is 6.92 Å². The van der Waals surface area contributed by atoms with E-state index < -0.39 is 0 Å². The van der Waals surface area contributed by atoms with Crippen molar-refractivity contribution in [2.75, 3.05) is 18.5 Å². The van der Waals surface area contributed by atoms with E-state index in [1.807, 2.05) is 37.3 Å². The van der Waals surface area contributed by atoms with Crippen molar-refractivity contribution >= 4 is 28.4 Å². The molecule has 1 aromatic carbocycles. The van der Waals surface area contributed by atoms with E-state index in [1.54, 1.807) is 12.3 Å². The summed E-state index contributed by atoms with van der Waals surface area (Å²) in [5.74, 6) is 0.144. The number of pyridine rings is 1. The fourth-order valence-corrected chi connectivity index (χ4v) is 3.17. The zero-order valence-corrected chi connectivity index (χ0v) is 15.1. The first-order chi connectivity index (χ1) is 13.2. The standard InChI is InChI=1S/C20H21N5O2/c1-13-11-17(19(26)22-12-15-7-4-10-27-15)25-20(23-13)24-16-8-2-5-14-6-3-9-21-18(14)16/h2-3,5-6,8-9,11,15H,4,7,10,12H2,1H3,(H,22,26)(H,23,24,25). The summed E-state index contributed by atoms with van der Waals surface area (Å²) in [5, 5.41) is 7.10. The lowest BCUT2D eigenvalue weighted by Crippen LogP contribution is -2.32. The molecule has 0 bridgehead atoms. The van der Waals surface area contributed by atoms with Gasteiger partial charge in [0.15, 0.2) is 0 Å². The van der Waals surface area contributed by atoms with Gasteiger partial charge in [-0.2, -0.15) is 0 Å². The van der Waals surface area contributed by atoms with Gasteiger partial charge in [0.25, 0.3) is 5.91 Å². The molecule has 0 radical (unpaired) electrons. The molecule has 7 nitrogen and oxygen atoms in total. The summed E-state index contributed by atoms with van der Waals surface area (Å²) >= 11 is 0. The lowest BCUT2D eigenvalue weighted by molar-refractivity contribution is 0.0853. The number of anilines is 2. The molecule has 0 saturated carbocycles. The lowest BCUT2D eigenvalue weighted by atomic mass is 10.2. The third-order valence-corrected chi connectivity index (χ3v) is 4.48. The van der Waals surface area contributed by atoms with Crippen LogP contribution in [0.5, 0.6) is 0 Å². The van der Waals surface area contributed by atoms with Gasteiger partial charge in [-0.3, -0.25) is 9.78 Å². The summed E-state index contributed by atoms with van der Waals surface area (Å²) in [5.41, 5.74) is 2.66. The van der Waals surface area contributed by atoms with E-state index in [4.69, 9.17) is 4.74 Å². The van der Waals surface area contributed by atoms with E-state index in [0.29, 0.717) is 23.9 Å². The molecule has 2 N–H and O–H groups in total. The van der Waals surface area contributed by atoms with Crippen LogP contribution in [-0.2, 0) is 4.74 Å². The molecule has 1 aliphatic rings. The molecule has 138 valence electrons. The Hall–Kier alpha value is -3.06. The van der Waals surface area contributed by atoms with Crippen molar-refractivity contribution in [3.63, 3.8) is 0 Å². The summed E-state index contributed by atoms with van der Waals surface area (Å²) in [6, 6.07) is 11.4. The number of fused-ring (bicyclic) bond motifs is 1. The van der Waals surface area contributed by atoms with E-state index in [2.05, 4.69) is 25.6 Å². The summed E-state index contributed by atoms with van der Waals surface area (Å²) < 4.78 is 5.54. The predicted octanol–water partition coefficient (Wildman–Crippen LogP) is 2.99. The number of aryl methyl sites for hydroxylation is 1. The van der Waals surface area contributed by atoms with Gasteiger partial charge < -0.3 is 15.4 Å². The Labute approximate surface area is 157 Å².